The molecule has 1 fully saturated rings. The third kappa shape index (κ3) is 5.96. The summed E-state index contributed by atoms with van der Waals surface area (Å²) in [7, 11) is 1.43. The molecule has 0 spiro atoms. The highest BCUT2D eigenvalue weighted by molar-refractivity contribution is 5.90. The van der Waals surface area contributed by atoms with Gasteiger partial charge in [0.05, 0.1) is 19.0 Å². The van der Waals surface area contributed by atoms with Crippen LogP contribution in [0, 0.1) is 0 Å². The molecule has 0 bridgehead atoms. The third-order valence-electron chi connectivity index (χ3n) is 9.42. The maximum absolute atomic E-state index is 12.3. The van der Waals surface area contributed by atoms with Gasteiger partial charge in [-0.3, -0.25) is 4.79 Å². The molecule has 2 aromatic heterocycles. The molecule has 6 rings (SSSR count). The molecule has 2 atom stereocenters. The minimum atomic E-state index is -1.10. The number of rotatable bonds is 9. The average molecular weight is 609 g/mol. The Balaban J connectivity index is 1.24. The summed E-state index contributed by atoms with van der Waals surface area (Å²) in [5, 5.41) is 23.5. The number of piperidine rings is 1. The van der Waals surface area contributed by atoms with Crippen molar-refractivity contribution < 1.29 is 24.5 Å². The Morgan fingerprint density at radius 2 is 1.84 bits per heavy atom. The van der Waals surface area contributed by atoms with Crippen molar-refractivity contribution in [2.75, 3.05) is 20.2 Å². The van der Waals surface area contributed by atoms with Crippen LogP contribution in [-0.4, -0.2) is 68.1 Å². The van der Waals surface area contributed by atoms with Crippen LogP contribution in [0.15, 0.2) is 60.8 Å². The van der Waals surface area contributed by atoms with Gasteiger partial charge in [0, 0.05) is 18.7 Å². The first-order valence-electron chi connectivity index (χ1n) is 15.8. The molecule has 4 aromatic rings. The van der Waals surface area contributed by atoms with E-state index in [1.807, 2.05) is 12.1 Å². The predicted molar refractivity (Wildman–Crippen MR) is 171 cm³/mol. The second kappa shape index (κ2) is 12.9. The lowest BCUT2D eigenvalue weighted by Gasteiger charge is -2.34. The molecule has 234 valence electrons. The highest BCUT2D eigenvalue weighted by Gasteiger charge is 2.29. The molecule has 1 saturated heterocycles. The Morgan fingerprint density at radius 1 is 1.07 bits per heavy atom. The van der Waals surface area contributed by atoms with Gasteiger partial charge in [-0.25, -0.2) is 9.78 Å². The molecular formula is C36H40N4O5. The molecule has 2 aromatic carbocycles. The van der Waals surface area contributed by atoms with Gasteiger partial charge in [0.2, 0.25) is 5.88 Å². The number of carboxylic acid groups (broad SMARTS) is 1. The van der Waals surface area contributed by atoms with Crippen LogP contribution in [0.3, 0.4) is 0 Å². The number of pyridine rings is 1. The van der Waals surface area contributed by atoms with Gasteiger partial charge in [-0.05, 0) is 97.2 Å². The van der Waals surface area contributed by atoms with E-state index < -0.39 is 12.1 Å². The number of ether oxygens (including phenoxy) is 1. The molecule has 45 heavy (non-hydrogen) atoms. The molecule has 9 heteroatoms. The monoisotopic (exact) mass is 608 g/mol. The number of aromatic nitrogens is 3. The lowest BCUT2D eigenvalue weighted by Crippen LogP contribution is -2.42. The number of aryl methyl sites for hydroxylation is 2. The molecule has 0 radical (unpaired) electrons. The van der Waals surface area contributed by atoms with Crippen molar-refractivity contribution in [3.8, 4) is 23.0 Å². The molecule has 2 N–H and O–H groups in total. The fourth-order valence-electron chi connectivity index (χ4n) is 7.20. The van der Waals surface area contributed by atoms with Gasteiger partial charge in [0.15, 0.2) is 5.82 Å². The standard InChI is InChI=1S/C36H40N4O5/c1-4-24-19-23(11-14-28(24)25-15-17-39(18-16-25)34(42)22(2)41)20-27-13-12-26-7-5-8-29(33(26)27)31-9-6-10-32(38-31)40-35(45-3)30(21-37-40)36(43)44/h5-11,14,19,21-22,25,27,41H,4,12-13,15-18,20H2,1-3H3,(H,43,44). The summed E-state index contributed by atoms with van der Waals surface area (Å²) < 4.78 is 6.81. The zero-order valence-corrected chi connectivity index (χ0v) is 26.1. The molecule has 2 unspecified atom stereocenters. The average Bonchev–Trinajstić information content (AvgIpc) is 3.69. The Labute approximate surface area is 263 Å². The fraction of sp³-hybridized carbons (Fsp3) is 0.389. The smallest absolute Gasteiger partial charge is 0.342 e. The second-order valence-electron chi connectivity index (χ2n) is 12.1. The lowest BCUT2D eigenvalue weighted by atomic mass is 9.83. The molecule has 3 heterocycles. The summed E-state index contributed by atoms with van der Waals surface area (Å²) in [5.74, 6) is 0.123. The van der Waals surface area contributed by atoms with E-state index in [4.69, 9.17) is 9.72 Å². The molecule has 1 amide bonds. The number of hydrogen-bond acceptors (Lipinski definition) is 6. The first-order chi connectivity index (χ1) is 21.8. The summed E-state index contributed by atoms with van der Waals surface area (Å²) in [4.78, 5) is 30.6. The molecule has 2 aliphatic rings. The topological polar surface area (TPSA) is 118 Å². The Morgan fingerprint density at radius 3 is 2.56 bits per heavy atom. The van der Waals surface area contributed by atoms with E-state index in [0.29, 0.717) is 30.7 Å². The summed E-state index contributed by atoms with van der Waals surface area (Å²) in [6, 6.07) is 19.1. The van der Waals surface area contributed by atoms with Gasteiger partial charge in [-0.1, -0.05) is 49.4 Å². The van der Waals surface area contributed by atoms with Crippen molar-refractivity contribution in [1.29, 1.82) is 0 Å². The number of aliphatic hydroxyl groups excluding tert-OH is 1. The van der Waals surface area contributed by atoms with Crippen LogP contribution in [0.5, 0.6) is 5.88 Å². The van der Waals surface area contributed by atoms with Crippen LogP contribution in [0.4, 0.5) is 0 Å². The van der Waals surface area contributed by atoms with Gasteiger partial charge >= 0.3 is 5.97 Å². The number of carbonyl (C=O) groups excluding carboxylic acids is 1. The van der Waals surface area contributed by atoms with Crippen LogP contribution in [0.2, 0.25) is 0 Å². The number of aromatic carboxylic acids is 1. The molecular weight excluding hydrogens is 568 g/mol. The van der Waals surface area contributed by atoms with Crippen molar-refractivity contribution >= 4 is 11.9 Å². The maximum atomic E-state index is 12.3. The van der Waals surface area contributed by atoms with Crippen LogP contribution < -0.4 is 4.74 Å². The molecule has 1 aliphatic carbocycles. The summed E-state index contributed by atoms with van der Waals surface area (Å²) in [5.41, 5.74) is 8.66. The van der Waals surface area contributed by atoms with Crippen LogP contribution in [0.1, 0.15) is 83.1 Å². The predicted octanol–water partition coefficient (Wildman–Crippen LogP) is 5.56. The van der Waals surface area contributed by atoms with E-state index in [1.54, 1.807) is 17.9 Å². The first kappa shape index (κ1) is 30.5. The van der Waals surface area contributed by atoms with Crippen molar-refractivity contribution in [1.82, 2.24) is 19.7 Å². The van der Waals surface area contributed by atoms with Crippen molar-refractivity contribution in [2.24, 2.45) is 0 Å². The number of hydrogen-bond donors (Lipinski definition) is 2. The van der Waals surface area contributed by atoms with Gasteiger partial charge < -0.3 is 19.8 Å². The summed E-state index contributed by atoms with van der Waals surface area (Å²) in [6.45, 7) is 5.12. The number of benzene rings is 2. The number of fused-ring (bicyclic) bond motifs is 1. The van der Waals surface area contributed by atoms with Gasteiger partial charge in [-0.15, -0.1) is 0 Å². The fourth-order valence-corrected chi connectivity index (χ4v) is 7.20. The molecule has 0 saturated carbocycles. The number of likely N-dealkylation sites (tertiary alicyclic amines) is 1. The summed E-state index contributed by atoms with van der Waals surface area (Å²) in [6.07, 6.45) is 6.15. The van der Waals surface area contributed by atoms with Gasteiger partial charge in [0.25, 0.3) is 5.91 Å². The van der Waals surface area contributed by atoms with E-state index in [9.17, 15) is 19.8 Å². The van der Waals surface area contributed by atoms with E-state index in [1.165, 1.54) is 45.8 Å². The highest BCUT2D eigenvalue weighted by atomic mass is 16.5. The van der Waals surface area contributed by atoms with Crippen LogP contribution in [-0.2, 0) is 24.1 Å². The minimum absolute atomic E-state index is 0.0141. The quantitative estimate of drug-likeness (QED) is 0.255. The van der Waals surface area contributed by atoms with Crippen LogP contribution in [0.25, 0.3) is 17.1 Å². The Kier molecular flexibility index (Phi) is 8.72. The number of methoxy groups -OCH3 is 1. The lowest BCUT2D eigenvalue weighted by molar-refractivity contribution is -0.140. The summed E-state index contributed by atoms with van der Waals surface area (Å²) >= 11 is 0. The largest absolute Gasteiger partial charge is 0.480 e. The minimum Gasteiger partial charge on any atom is -0.480 e. The van der Waals surface area contributed by atoms with E-state index in [-0.39, 0.29) is 17.4 Å². The number of aliphatic hydroxyl groups is 1. The maximum Gasteiger partial charge on any atom is 0.342 e. The Bertz CT molecular complexity index is 1720. The van der Waals surface area contributed by atoms with E-state index in [2.05, 4.69) is 48.4 Å². The number of amides is 1. The number of carbonyl (C=O) groups is 2. The zero-order chi connectivity index (χ0) is 31.7. The van der Waals surface area contributed by atoms with Gasteiger partial charge in [0.1, 0.15) is 11.7 Å². The van der Waals surface area contributed by atoms with E-state index >= 15 is 0 Å². The van der Waals surface area contributed by atoms with Gasteiger partial charge in [-0.2, -0.15) is 9.78 Å². The normalized spacial score (nSPS) is 17.2. The molecule has 9 nitrogen and oxygen atoms in total. The third-order valence-corrected chi connectivity index (χ3v) is 9.42. The highest BCUT2D eigenvalue weighted by Crippen LogP contribution is 2.42. The first-order valence-corrected chi connectivity index (χ1v) is 15.8. The second-order valence-corrected chi connectivity index (χ2v) is 12.1. The van der Waals surface area contributed by atoms with Crippen molar-refractivity contribution in [3.05, 3.63) is 94.2 Å². The zero-order valence-electron chi connectivity index (χ0n) is 26.1. The number of nitrogens with zero attached hydrogens (tertiary/aromatic N) is 4. The van der Waals surface area contributed by atoms with Crippen molar-refractivity contribution in [3.63, 3.8) is 0 Å². The van der Waals surface area contributed by atoms with Crippen molar-refractivity contribution in [2.45, 2.75) is 70.3 Å². The van der Waals surface area contributed by atoms with Crippen LogP contribution >= 0.6 is 0 Å². The SMILES string of the molecule is CCc1cc(CC2CCc3cccc(-c4cccc(-n5ncc(C(=O)O)c5OC)n4)c32)ccc1C1CCN(C(=O)C(C)O)CC1. The van der Waals surface area contributed by atoms with E-state index in [0.717, 1.165) is 49.8 Å². The molecule has 1 aliphatic heterocycles. The number of carboxylic acids is 1. The Hall–Kier alpha value is -4.50.